The molecule has 0 spiro atoms. The van der Waals surface area contributed by atoms with E-state index in [4.69, 9.17) is 10.2 Å². The van der Waals surface area contributed by atoms with E-state index in [-0.39, 0.29) is 5.91 Å². The molecule has 6 rings (SSSR count). The van der Waals surface area contributed by atoms with E-state index < -0.39 is 0 Å². The van der Waals surface area contributed by atoms with E-state index in [1.165, 1.54) is 15.5 Å². The van der Waals surface area contributed by atoms with Crippen molar-refractivity contribution in [3.05, 3.63) is 132 Å². The van der Waals surface area contributed by atoms with Gasteiger partial charge < -0.3 is 0 Å². The fourth-order valence-electron chi connectivity index (χ4n) is 4.75. The van der Waals surface area contributed by atoms with E-state index >= 15 is 0 Å². The van der Waals surface area contributed by atoms with Gasteiger partial charge in [0.25, 0.3) is 5.91 Å². The number of hydrazone groups is 1. The van der Waals surface area contributed by atoms with Crippen molar-refractivity contribution in [1.82, 2.24) is 9.78 Å². The van der Waals surface area contributed by atoms with E-state index in [0.717, 1.165) is 51.0 Å². The van der Waals surface area contributed by atoms with Crippen molar-refractivity contribution >= 4 is 46.9 Å². The molecule has 0 unspecified atom stereocenters. The summed E-state index contributed by atoms with van der Waals surface area (Å²) in [5.74, 6) is 1.51. The predicted molar refractivity (Wildman–Crippen MR) is 181 cm³/mol. The molecule has 0 atom stereocenters. The van der Waals surface area contributed by atoms with Gasteiger partial charge in [0.05, 0.1) is 28.4 Å². The minimum absolute atomic E-state index is 0.143. The van der Waals surface area contributed by atoms with Crippen LogP contribution in [0, 0.1) is 6.92 Å². The summed E-state index contributed by atoms with van der Waals surface area (Å²) in [5.41, 5.74) is 6.92. The van der Waals surface area contributed by atoms with E-state index in [1.807, 2.05) is 89.4 Å². The molecule has 43 heavy (non-hydrogen) atoms. The quantitative estimate of drug-likeness (QED) is 0.119. The number of carbonyl (C=O) groups is 1. The molecule has 0 N–H and O–H groups in total. The Hall–Kier alpha value is -4.33. The first-order chi connectivity index (χ1) is 21.1. The van der Waals surface area contributed by atoms with Crippen molar-refractivity contribution in [1.29, 1.82) is 0 Å². The van der Waals surface area contributed by atoms with Gasteiger partial charge >= 0.3 is 0 Å². The Labute approximate surface area is 261 Å². The Morgan fingerprint density at radius 3 is 2.07 bits per heavy atom. The lowest BCUT2D eigenvalue weighted by Crippen LogP contribution is -2.21. The number of thioether (sulfide) groups is 2. The largest absolute Gasteiger partial charge is 0.280 e. The lowest BCUT2D eigenvalue weighted by molar-refractivity contribution is -0.114. The molecule has 214 valence electrons. The Morgan fingerprint density at radius 2 is 1.40 bits per heavy atom. The molecule has 1 aliphatic heterocycles. The van der Waals surface area contributed by atoms with Gasteiger partial charge in [0.1, 0.15) is 0 Å². The normalized spacial score (nSPS) is 14.0. The van der Waals surface area contributed by atoms with Gasteiger partial charge in [-0.05, 0) is 73.7 Å². The van der Waals surface area contributed by atoms with Gasteiger partial charge in [0.15, 0.2) is 0 Å². The van der Waals surface area contributed by atoms with Crippen molar-refractivity contribution < 1.29 is 4.79 Å². The van der Waals surface area contributed by atoms with E-state index in [1.54, 1.807) is 11.8 Å². The number of carbonyl (C=O) groups excluding carboxylic acids is 1. The zero-order chi connectivity index (χ0) is 29.6. The summed E-state index contributed by atoms with van der Waals surface area (Å²) in [6.45, 7) is 4.27. The van der Waals surface area contributed by atoms with Crippen LogP contribution in [0.5, 0.6) is 0 Å². The highest BCUT2D eigenvalue weighted by atomic mass is 32.2. The van der Waals surface area contributed by atoms with Crippen molar-refractivity contribution in [2.45, 2.75) is 30.1 Å². The van der Waals surface area contributed by atoms with Crippen molar-refractivity contribution in [3.63, 3.8) is 0 Å². The molecule has 5 aromatic rings. The number of benzene rings is 4. The predicted octanol–water partition coefficient (Wildman–Crippen LogP) is 8.93. The second-order valence-electron chi connectivity index (χ2n) is 10.2. The van der Waals surface area contributed by atoms with E-state index in [0.29, 0.717) is 11.3 Å². The first-order valence-corrected chi connectivity index (χ1v) is 16.3. The Bertz CT molecular complexity index is 1760. The number of rotatable bonds is 10. The number of hydrogen-bond donors (Lipinski definition) is 0. The average molecular weight is 601 g/mol. The molecule has 1 aromatic heterocycles. The third kappa shape index (κ3) is 6.69. The SMILES string of the molecule is CCCSc1ccc(-c2nn(-c3ccccc3)cc2/C=C2\C(=O)N(c3ccccc3)N=C2CSc2ccc(C)cc2)cc1. The minimum atomic E-state index is -0.143. The van der Waals surface area contributed by atoms with Crippen LogP contribution in [0.3, 0.4) is 0 Å². The standard InChI is InChI=1S/C36H32N4OS2/c1-3-22-42-31-20-16-27(17-21-31)35-28(24-39(38-35)29-10-6-4-7-11-29)23-33-34(25-43-32-18-14-26(2)15-19-32)37-40(36(33)41)30-12-8-5-9-13-30/h4-21,23-24H,3,22,25H2,1-2H3/b33-23-. The fourth-order valence-corrected chi connectivity index (χ4v) is 6.37. The van der Waals surface area contributed by atoms with Gasteiger partial charge in [-0.2, -0.15) is 15.2 Å². The monoisotopic (exact) mass is 600 g/mol. The Kier molecular flexibility index (Phi) is 8.91. The van der Waals surface area contributed by atoms with Crippen LogP contribution < -0.4 is 5.01 Å². The maximum Gasteiger partial charge on any atom is 0.280 e. The summed E-state index contributed by atoms with van der Waals surface area (Å²) < 4.78 is 1.88. The topological polar surface area (TPSA) is 50.5 Å². The van der Waals surface area contributed by atoms with Crippen LogP contribution in [-0.2, 0) is 4.79 Å². The van der Waals surface area contributed by atoms with Gasteiger partial charge in [-0.1, -0.05) is 73.2 Å². The van der Waals surface area contributed by atoms with Crippen LogP contribution in [-0.4, -0.2) is 32.9 Å². The van der Waals surface area contributed by atoms with Gasteiger partial charge in [0, 0.05) is 32.9 Å². The molecule has 0 aliphatic carbocycles. The fraction of sp³-hybridized carbons (Fsp3) is 0.139. The minimum Gasteiger partial charge on any atom is -0.267 e. The molecule has 7 heteroatoms. The van der Waals surface area contributed by atoms with Gasteiger partial charge in [-0.25, -0.2) is 4.68 Å². The second-order valence-corrected chi connectivity index (χ2v) is 12.5. The molecule has 4 aromatic carbocycles. The van der Waals surface area contributed by atoms with Crippen LogP contribution in [0.25, 0.3) is 23.0 Å². The molecule has 2 heterocycles. The second kappa shape index (κ2) is 13.3. The number of aryl methyl sites for hydroxylation is 1. The number of para-hydroxylation sites is 2. The zero-order valence-electron chi connectivity index (χ0n) is 24.2. The number of amides is 1. The molecule has 1 aliphatic rings. The first kappa shape index (κ1) is 28.8. The van der Waals surface area contributed by atoms with Crippen LogP contribution in [0.1, 0.15) is 24.5 Å². The highest BCUT2D eigenvalue weighted by molar-refractivity contribution is 8.00. The van der Waals surface area contributed by atoms with Crippen LogP contribution >= 0.6 is 23.5 Å². The number of aromatic nitrogens is 2. The van der Waals surface area contributed by atoms with Crippen molar-refractivity contribution in [2.24, 2.45) is 5.10 Å². The first-order valence-electron chi connectivity index (χ1n) is 14.4. The smallest absolute Gasteiger partial charge is 0.267 e. The summed E-state index contributed by atoms with van der Waals surface area (Å²) in [6.07, 6.45) is 5.09. The maximum absolute atomic E-state index is 14.0. The average Bonchev–Trinajstić information content (AvgIpc) is 3.62. The molecule has 5 nitrogen and oxygen atoms in total. The molecule has 1 amide bonds. The van der Waals surface area contributed by atoms with Crippen LogP contribution in [0.15, 0.2) is 136 Å². The van der Waals surface area contributed by atoms with Crippen molar-refractivity contribution in [2.75, 3.05) is 16.5 Å². The van der Waals surface area contributed by atoms with E-state index in [9.17, 15) is 4.79 Å². The summed E-state index contributed by atoms with van der Waals surface area (Å²) in [5, 5.41) is 11.4. The van der Waals surface area contributed by atoms with Crippen LogP contribution in [0.4, 0.5) is 5.69 Å². The number of nitrogens with zero attached hydrogens (tertiary/aromatic N) is 4. The molecule has 0 saturated heterocycles. The molecule has 0 fully saturated rings. The molecule has 0 radical (unpaired) electrons. The third-order valence-electron chi connectivity index (χ3n) is 7.02. The maximum atomic E-state index is 14.0. The summed E-state index contributed by atoms with van der Waals surface area (Å²) in [4.78, 5) is 16.3. The highest BCUT2D eigenvalue weighted by Gasteiger charge is 2.31. The summed E-state index contributed by atoms with van der Waals surface area (Å²) >= 11 is 3.53. The summed E-state index contributed by atoms with van der Waals surface area (Å²) in [7, 11) is 0. The molecule has 0 bridgehead atoms. The number of anilines is 1. The molecular weight excluding hydrogens is 569 g/mol. The zero-order valence-corrected chi connectivity index (χ0v) is 25.8. The summed E-state index contributed by atoms with van der Waals surface area (Å²) in [6, 6.07) is 36.6. The highest BCUT2D eigenvalue weighted by Crippen LogP contribution is 2.32. The van der Waals surface area contributed by atoms with E-state index in [2.05, 4.69) is 62.4 Å². The molecular formula is C36H32N4OS2. The molecule has 0 saturated carbocycles. The lowest BCUT2D eigenvalue weighted by atomic mass is 10.0. The van der Waals surface area contributed by atoms with Gasteiger partial charge in [-0.3, -0.25) is 4.79 Å². The van der Waals surface area contributed by atoms with Gasteiger partial charge in [-0.15, -0.1) is 23.5 Å². The Balaban J connectivity index is 1.41. The van der Waals surface area contributed by atoms with Crippen molar-refractivity contribution in [3.8, 4) is 16.9 Å². The number of hydrogen-bond acceptors (Lipinski definition) is 5. The lowest BCUT2D eigenvalue weighted by Gasteiger charge is -2.11. The van der Waals surface area contributed by atoms with Crippen LogP contribution in [0.2, 0.25) is 0 Å². The Morgan fingerprint density at radius 1 is 0.767 bits per heavy atom. The van der Waals surface area contributed by atoms with Gasteiger partial charge in [0.2, 0.25) is 0 Å². The third-order valence-corrected chi connectivity index (χ3v) is 9.26.